The van der Waals surface area contributed by atoms with E-state index in [1.807, 2.05) is 0 Å². The van der Waals surface area contributed by atoms with Gasteiger partial charge in [0.05, 0.1) is 0 Å². The molecule has 28 valence electrons. The maximum Gasteiger partial charge on any atom is 1.00 e. The summed E-state index contributed by atoms with van der Waals surface area (Å²) < 4.78 is 0. The van der Waals surface area contributed by atoms with Gasteiger partial charge in [0.1, 0.15) is 0 Å². The van der Waals surface area contributed by atoms with Crippen molar-refractivity contribution < 1.29 is 20.3 Å². The fourth-order valence-electron chi connectivity index (χ4n) is 0. The van der Waals surface area contributed by atoms with Gasteiger partial charge in [0, 0.05) is 0 Å². The largest absolute Gasteiger partial charge is 1.00 e. The Morgan fingerprint density at radius 1 is 1.20 bits per heavy atom. The molecule has 0 unspecified atom stereocenters. The van der Waals surface area contributed by atoms with Crippen molar-refractivity contribution in [2.75, 3.05) is 12.5 Å². The van der Waals surface area contributed by atoms with E-state index in [0.29, 0.717) is 0 Å². The van der Waals surface area contributed by atoms with E-state index in [1.165, 1.54) is 0 Å². The molecule has 0 radical (unpaired) electrons. The SMILES string of the molecule is CSSC.[H-].[Li+]. The summed E-state index contributed by atoms with van der Waals surface area (Å²) in [4.78, 5) is 0. The van der Waals surface area contributed by atoms with Crippen LogP contribution in [0.1, 0.15) is 1.43 Å². The summed E-state index contributed by atoms with van der Waals surface area (Å²) in [5.41, 5.74) is 0. The van der Waals surface area contributed by atoms with Gasteiger partial charge in [-0.2, -0.15) is 0 Å². The van der Waals surface area contributed by atoms with Gasteiger partial charge in [-0.25, -0.2) is 0 Å². The van der Waals surface area contributed by atoms with E-state index < -0.39 is 0 Å². The molecule has 0 heterocycles. The van der Waals surface area contributed by atoms with Crippen LogP contribution in [0.4, 0.5) is 0 Å². The molecular weight excluding hydrogens is 95.1 g/mol. The van der Waals surface area contributed by atoms with Gasteiger partial charge in [0.15, 0.2) is 0 Å². The minimum Gasteiger partial charge on any atom is -1.00 e. The number of rotatable bonds is 1. The molecule has 0 atom stereocenters. The molecule has 0 saturated heterocycles. The van der Waals surface area contributed by atoms with Crippen LogP contribution in [0.15, 0.2) is 0 Å². The second-order valence-electron chi connectivity index (χ2n) is 0.333. The Kier molecular flexibility index (Phi) is 17.2. The first-order valence-electron chi connectivity index (χ1n) is 0.983. The summed E-state index contributed by atoms with van der Waals surface area (Å²) in [6, 6.07) is 0. The van der Waals surface area contributed by atoms with E-state index >= 15 is 0 Å². The minimum absolute atomic E-state index is 0. The van der Waals surface area contributed by atoms with Crippen LogP contribution >= 0.6 is 21.6 Å². The van der Waals surface area contributed by atoms with Gasteiger partial charge in [0.25, 0.3) is 0 Å². The Hall–Kier alpha value is 1.30. The molecule has 3 heteroatoms. The van der Waals surface area contributed by atoms with Crippen LogP contribution in [0.5, 0.6) is 0 Å². The Labute approximate surface area is 54.5 Å². The standard InChI is InChI=1S/C2H6S2.Li.H/c1-3-4-2;;/h1-2H3;;/q;+1;-1. The van der Waals surface area contributed by atoms with Crippen molar-refractivity contribution in [2.24, 2.45) is 0 Å². The third-order valence-electron chi connectivity index (χ3n) is 0.167. The van der Waals surface area contributed by atoms with E-state index in [4.69, 9.17) is 0 Å². The summed E-state index contributed by atoms with van der Waals surface area (Å²) in [6.07, 6.45) is 4.12. The monoisotopic (exact) mass is 102 g/mol. The van der Waals surface area contributed by atoms with Crippen molar-refractivity contribution in [3.63, 3.8) is 0 Å². The van der Waals surface area contributed by atoms with E-state index in [-0.39, 0.29) is 20.3 Å². The second-order valence-corrected chi connectivity index (χ2v) is 3.00. The maximum atomic E-state index is 2.06. The van der Waals surface area contributed by atoms with Gasteiger partial charge in [0.2, 0.25) is 0 Å². The van der Waals surface area contributed by atoms with Crippen LogP contribution < -0.4 is 18.9 Å². The molecule has 0 aliphatic rings. The van der Waals surface area contributed by atoms with Crippen LogP contribution in [0.25, 0.3) is 0 Å². The number of hydrogen-bond donors (Lipinski definition) is 0. The second kappa shape index (κ2) is 9.00. The van der Waals surface area contributed by atoms with Gasteiger partial charge in [-0.3, -0.25) is 0 Å². The van der Waals surface area contributed by atoms with Gasteiger partial charge < -0.3 is 1.43 Å². The van der Waals surface area contributed by atoms with Gasteiger partial charge in [-0.1, -0.05) is 21.6 Å². The smallest absolute Gasteiger partial charge is 1.00 e. The molecule has 0 aromatic heterocycles. The molecule has 0 rings (SSSR count). The predicted octanol–water partition coefficient (Wildman–Crippen LogP) is -1.26. The Bertz CT molecular complexity index is 13.5. The van der Waals surface area contributed by atoms with Crippen molar-refractivity contribution in [1.82, 2.24) is 0 Å². The zero-order valence-electron chi connectivity index (χ0n) is 4.82. The van der Waals surface area contributed by atoms with Crippen LogP contribution in [0, 0.1) is 0 Å². The molecule has 0 spiro atoms. The fourth-order valence-corrected chi connectivity index (χ4v) is 0. The molecule has 0 N–H and O–H groups in total. The Balaban J connectivity index is -0.0000000450. The first-order valence-corrected chi connectivity index (χ1v) is 3.95. The van der Waals surface area contributed by atoms with E-state index in [1.54, 1.807) is 21.6 Å². The Morgan fingerprint density at radius 3 is 1.40 bits per heavy atom. The van der Waals surface area contributed by atoms with Crippen LogP contribution in [-0.2, 0) is 0 Å². The number of hydrogen-bond acceptors (Lipinski definition) is 2. The first-order chi connectivity index (χ1) is 1.91. The van der Waals surface area contributed by atoms with Crippen molar-refractivity contribution in [2.45, 2.75) is 0 Å². The molecule has 0 fully saturated rings. The zero-order valence-corrected chi connectivity index (χ0v) is 5.45. The molecule has 0 aliphatic carbocycles. The van der Waals surface area contributed by atoms with Gasteiger partial charge in [-0.15, -0.1) is 0 Å². The van der Waals surface area contributed by atoms with Crippen LogP contribution in [0.2, 0.25) is 0 Å². The molecule has 0 aromatic carbocycles. The van der Waals surface area contributed by atoms with Crippen LogP contribution in [0.3, 0.4) is 0 Å². The molecule has 0 bridgehead atoms. The van der Waals surface area contributed by atoms with Crippen molar-refractivity contribution in [3.05, 3.63) is 0 Å². The average Bonchev–Trinajstić information content (AvgIpc) is 1.37. The summed E-state index contributed by atoms with van der Waals surface area (Å²) in [7, 11) is 3.55. The topological polar surface area (TPSA) is 0 Å². The van der Waals surface area contributed by atoms with E-state index in [0.717, 1.165) is 0 Å². The third-order valence-corrected chi connectivity index (χ3v) is 1.50. The normalized spacial score (nSPS) is 6.00. The molecule has 0 aliphatic heterocycles. The quantitative estimate of drug-likeness (QED) is 0.299. The van der Waals surface area contributed by atoms with E-state index in [9.17, 15) is 0 Å². The third kappa shape index (κ3) is 10.9. The molecule has 0 amide bonds. The first kappa shape index (κ1) is 9.57. The maximum absolute atomic E-state index is 2.06. The van der Waals surface area contributed by atoms with E-state index in [2.05, 4.69) is 12.5 Å². The van der Waals surface area contributed by atoms with Crippen LogP contribution in [-0.4, -0.2) is 12.5 Å². The van der Waals surface area contributed by atoms with Crippen molar-refractivity contribution in [3.8, 4) is 0 Å². The minimum atomic E-state index is 0. The summed E-state index contributed by atoms with van der Waals surface area (Å²) in [5.74, 6) is 0. The molecule has 0 saturated carbocycles. The van der Waals surface area contributed by atoms with Crippen molar-refractivity contribution >= 4 is 21.6 Å². The molecule has 0 nitrogen and oxygen atoms in total. The predicted molar refractivity (Wildman–Crippen MR) is 28.1 cm³/mol. The van der Waals surface area contributed by atoms with Gasteiger partial charge in [-0.05, 0) is 12.5 Å². The zero-order chi connectivity index (χ0) is 3.41. The summed E-state index contributed by atoms with van der Waals surface area (Å²) in [5, 5.41) is 0. The molecule has 5 heavy (non-hydrogen) atoms. The molecular formula is C2H7LiS2. The summed E-state index contributed by atoms with van der Waals surface area (Å²) >= 11 is 0. The van der Waals surface area contributed by atoms with Crippen molar-refractivity contribution in [1.29, 1.82) is 0 Å². The summed E-state index contributed by atoms with van der Waals surface area (Å²) in [6.45, 7) is 0. The van der Waals surface area contributed by atoms with Gasteiger partial charge >= 0.3 is 18.9 Å². The Morgan fingerprint density at radius 2 is 1.40 bits per heavy atom. The average molecular weight is 102 g/mol. The molecule has 0 aromatic rings. The fraction of sp³-hybridized carbons (Fsp3) is 1.00.